The Morgan fingerprint density at radius 3 is 1.27 bits per heavy atom. The van der Waals surface area contributed by atoms with Gasteiger partial charge in [-0.15, -0.1) is 0 Å². The third-order valence-corrected chi connectivity index (χ3v) is 17.2. The lowest BCUT2D eigenvalue weighted by Gasteiger charge is -2.45. The van der Waals surface area contributed by atoms with Gasteiger partial charge < -0.3 is 19.6 Å². The van der Waals surface area contributed by atoms with Crippen LogP contribution in [0.4, 0.5) is 68.2 Å². The zero-order valence-corrected chi connectivity index (χ0v) is 44.5. The zero-order chi connectivity index (χ0) is 53.1. The normalized spacial score (nSPS) is 13.4. The second kappa shape index (κ2) is 18.0. The number of nitrogens with zero attached hydrogens (tertiary/aromatic N) is 4. The molecule has 0 N–H and O–H groups in total. The topological polar surface area (TPSA) is 13.0 Å². The molecule has 0 radical (unpaired) electrons. The van der Waals surface area contributed by atoms with Gasteiger partial charge in [0.05, 0.1) is 11.1 Å². The Labute approximate surface area is 468 Å². The average molecular weight is 1020 g/mol. The van der Waals surface area contributed by atoms with Crippen LogP contribution < -0.4 is 36.0 Å². The number of rotatable bonds is 8. The van der Waals surface area contributed by atoms with Gasteiger partial charge in [0.25, 0.3) is 6.71 Å². The van der Waals surface area contributed by atoms with E-state index in [1.54, 1.807) is 0 Å². The molecule has 1 spiro atoms. The van der Waals surface area contributed by atoms with Crippen molar-refractivity contribution in [1.82, 2.24) is 0 Å². The van der Waals surface area contributed by atoms with E-state index in [0.29, 0.717) is 0 Å². The van der Waals surface area contributed by atoms with Crippen molar-refractivity contribution in [3.8, 4) is 22.3 Å². The number of hydrogen-bond acceptors (Lipinski definition) is 4. The van der Waals surface area contributed by atoms with Crippen LogP contribution in [0.25, 0.3) is 22.3 Å². The number of anilines is 12. The van der Waals surface area contributed by atoms with Crippen LogP contribution in [0.15, 0.2) is 285 Å². The van der Waals surface area contributed by atoms with E-state index >= 15 is 0 Å². The molecule has 5 heteroatoms. The Morgan fingerprint density at radius 2 is 0.725 bits per heavy atom. The summed E-state index contributed by atoms with van der Waals surface area (Å²) in [6.07, 6.45) is 0. The lowest BCUT2D eigenvalue weighted by Crippen LogP contribution is -2.61. The highest BCUT2D eigenvalue weighted by Gasteiger charge is 2.52. The lowest BCUT2D eigenvalue weighted by atomic mass is 9.33. The maximum absolute atomic E-state index is 2.58. The maximum Gasteiger partial charge on any atom is 0.252 e. The Kier molecular flexibility index (Phi) is 10.4. The van der Waals surface area contributed by atoms with Crippen LogP contribution in [0.3, 0.4) is 0 Å². The molecule has 0 saturated carbocycles. The van der Waals surface area contributed by atoms with Crippen molar-refractivity contribution < 1.29 is 0 Å². The predicted octanol–water partition coefficient (Wildman–Crippen LogP) is 17.7. The van der Waals surface area contributed by atoms with Crippen LogP contribution in [0.1, 0.15) is 33.4 Å². The van der Waals surface area contributed by atoms with E-state index in [1.165, 1.54) is 83.4 Å². The molecule has 80 heavy (non-hydrogen) atoms. The molecule has 2 aliphatic heterocycles. The first kappa shape index (κ1) is 46.0. The van der Waals surface area contributed by atoms with Gasteiger partial charge in [-0.3, -0.25) is 0 Å². The fourth-order valence-electron chi connectivity index (χ4n) is 14.2. The molecule has 0 saturated heterocycles. The molecule has 12 aromatic rings. The fraction of sp³-hybridized carbons (Fsp3) is 0.0400. The quantitative estimate of drug-likeness (QED) is 0.141. The highest BCUT2D eigenvalue weighted by atomic mass is 15.2. The molecule has 12 aromatic carbocycles. The molecule has 0 fully saturated rings. The van der Waals surface area contributed by atoms with Gasteiger partial charge in [-0.1, -0.05) is 182 Å². The van der Waals surface area contributed by atoms with Gasteiger partial charge in [0.1, 0.15) is 0 Å². The third-order valence-electron chi connectivity index (χ3n) is 17.2. The molecule has 0 atom stereocenters. The summed E-state index contributed by atoms with van der Waals surface area (Å²) < 4.78 is 0. The van der Waals surface area contributed by atoms with Gasteiger partial charge in [-0.2, -0.15) is 0 Å². The molecule has 0 bridgehead atoms. The number of fused-ring (bicyclic) bond motifs is 14. The third kappa shape index (κ3) is 6.77. The second-order valence-corrected chi connectivity index (χ2v) is 21.8. The summed E-state index contributed by atoms with van der Waals surface area (Å²) in [4.78, 5) is 9.97. The minimum absolute atomic E-state index is 0.0606. The largest absolute Gasteiger partial charge is 0.311 e. The lowest BCUT2D eigenvalue weighted by molar-refractivity contribution is 0.794. The fourth-order valence-corrected chi connectivity index (χ4v) is 14.2. The molecule has 2 aliphatic carbocycles. The van der Waals surface area contributed by atoms with E-state index < -0.39 is 5.41 Å². The molecule has 0 unspecified atom stereocenters. The summed E-state index contributed by atoms with van der Waals surface area (Å²) in [5.41, 5.74) is 29.6. The molecule has 0 aromatic heterocycles. The predicted molar refractivity (Wildman–Crippen MR) is 336 cm³/mol. The summed E-state index contributed by atoms with van der Waals surface area (Å²) in [5, 5.41) is 0. The SMILES string of the molecule is Cc1cc(N(c2ccccc2)c2ccccc2)cc(N2c3cc(C)ccc3B3c4ccccc4N(c4ccc5c(c4)-c4ccccc4C54c5ccccc5-c5ccccc54)c4cc(N(c5ccccc5)c5ccccc5)cc2c43)c1. The van der Waals surface area contributed by atoms with Gasteiger partial charge in [-0.05, 0) is 189 Å². The average Bonchev–Trinajstić information content (AvgIpc) is 4.16. The molecule has 16 rings (SSSR count). The number of hydrogen-bond donors (Lipinski definition) is 0. The van der Waals surface area contributed by atoms with E-state index in [2.05, 4.69) is 319 Å². The number of benzene rings is 12. The first-order chi connectivity index (χ1) is 39.5. The minimum atomic E-state index is -0.445. The van der Waals surface area contributed by atoms with Gasteiger partial charge in [0.15, 0.2) is 0 Å². The van der Waals surface area contributed by atoms with E-state index in [0.717, 1.165) is 56.9 Å². The van der Waals surface area contributed by atoms with Crippen LogP contribution in [-0.4, -0.2) is 6.71 Å². The Bertz CT molecular complexity index is 4300. The number of para-hydroxylation sites is 5. The Balaban J connectivity index is 0.982. The van der Waals surface area contributed by atoms with Crippen LogP contribution in [0.2, 0.25) is 0 Å². The Morgan fingerprint density at radius 1 is 0.287 bits per heavy atom. The molecule has 2 heterocycles. The van der Waals surface area contributed by atoms with Gasteiger partial charge >= 0.3 is 0 Å². The first-order valence-electron chi connectivity index (χ1n) is 27.9. The zero-order valence-electron chi connectivity index (χ0n) is 44.5. The van der Waals surface area contributed by atoms with Crippen molar-refractivity contribution in [2.45, 2.75) is 19.3 Å². The van der Waals surface area contributed by atoms with Gasteiger partial charge in [0, 0.05) is 62.6 Å². The van der Waals surface area contributed by atoms with Crippen molar-refractivity contribution in [2.24, 2.45) is 0 Å². The summed E-state index contributed by atoms with van der Waals surface area (Å²) in [6, 6.07) is 106. The van der Waals surface area contributed by atoms with Crippen molar-refractivity contribution in [2.75, 3.05) is 19.6 Å². The van der Waals surface area contributed by atoms with E-state index in [9.17, 15) is 0 Å². The highest BCUT2D eigenvalue weighted by molar-refractivity contribution is 7.00. The second-order valence-electron chi connectivity index (χ2n) is 21.8. The van der Waals surface area contributed by atoms with Crippen molar-refractivity contribution in [3.63, 3.8) is 0 Å². The molecule has 4 nitrogen and oxygen atoms in total. The molecular weight excluding hydrogens is 968 g/mol. The first-order valence-corrected chi connectivity index (χ1v) is 27.9. The maximum atomic E-state index is 2.58. The highest BCUT2D eigenvalue weighted by Crippen LogP contribution is 2.63. The van der Waals surface area contributed by atoms with E-state index in [1.807, 2.05) is 0 Å². The van der Waals surface area contributed by atoms with E-state index in [4.69, 9.17) is 0 Å². The van der Waals surface area contributed by atoms with Gasteiger partial charge in [-0.25, -0.2) is 0 Å². The van der Waals surface area contributed by atoms with Crippen LogP contribution in [0.5, 0.6) is 0 Å². The molecule has 4 aliphatic rings. The van der Waals surface area contributed by atoms with Crippen molar-refractivity contribution >= 4 is 91.3 Å². The van der Waals surface area contributed by atoms with Crippen LogP contribution in [0, 0.1) is 13.8 Å². The Hall–Kier alpha value is -10.1. The number of aryl methyl sites for hydroxylation is 2. The minimum Gasteiger partial charge on any atom is -0.311 e. The standard InChI is InChI=1S/C75H53BN4/c1-50-39-42-69-71(45-50)80(58-44-51(2)43-57(46-58)77(52-23-7-3-8-24-52)53-25-9-4-10-26-53)73-49-59(78(54-27-11-5-12-28-54)55-29-13-6-14-30-55)48-72-74(73)76(69)68-37-21-22-38-70(68)79(72)56-40-41-67-63(47-56)62-33-17-20-36-66(62)75(67)64-34-18-15-31-60(64)61-32-16-19-35-65(61)75/h3-49H,1-2H3. The van der Waals surface area contributed by atoms with Gasteiger partial charge in [0.2, 0.25) is 0 Å². The monoisotopic (exact) mass is 1020 g/mol. The van der Waals surface area contributed by atoms with E-state index in [-0.39, 0.29) is 6.71 Å². The molecule has 0 amide bonds. The van der Waals surface area contributed by atoms with Crippen molar-refractivity contribution in [3.05, 3.63) is 318 Å². The van der Waals surface area contributed by atoms with Crippen molar-refractivity contribution in [1.29, 1.82) is 0 Å². The summed E-state index contributed by atoms with van der Waals surface area (Å²) >= 11 is 0. The summed E-state index contributed by atoms with van der Waals surface area (Å²) in [6.45, 7) is 4.40. The molecule has 376 valence electrons. The van der Waals surface area contributed by atoms with Crippen LogP contribution in [-0.2, 0) is 5.41 Å². The summed E-state index contributed by atoms with van der Waals surface area (Å²) in [5.74, 6) is 0. The molecular formula is C75H53BN4. The van der Waals surface area contributed by atoms with Crippen LogP contribution >= 0.6 is 0 Å². The summed E-state index contributed by atoms with van der Waals surface area (Å²) in [7, 11) is 0. The smallest absolute Gasteiger partial charge is 0.252 e.